The van der Waals surface area contributed by atoms with Crippen LogP contribution in [-0.2, 0) is 0 Å². The minimum absolute atomic E-state index is 0.833. The van der Waals surface area contributed by atoms with Crippen LogP contribution >= 0.6 is 0 Å². The van der Waals surface area contributed by atoms with Crippen LogP contribution in [-0.4, -0.2) is 23.0 Å². The summed E-state index contributed by atoms with van der Waals surface area (Å²) in [4.78, 5) is 2.64. The van der Waals surface area contributed by atoms with Gasteiger partial charge in [0.25, 0.3) is 0 Å². The average molecular weight is 109 g/mol. The molecule has 4 atom stereocenters. The fraction of sp³-hybridized carbons (Fsp3) is 1.00. The topological polar surface area (TPSA) is 3.01 Å². The molecule has 2 aliphatic heterocycles. The van der Waals surface area contributed by atoms with Crippen LogP contribution in [0.2, 0.25) is 0 Å². The van der Waals surface area contributed by atoms with Crippen molar-refractivity contribution >= 4 is 0 Å². The first-order valence-electron chi connectivity index (χ1n) is 3.61. The molecule has 0 bridgehead atoms. The third-order valence-electron chi connectivity index (χ3n) is 3.57. The van der Waals surface area contributed by atoms with Gasteiger partial charge in [-0.05, 0) is 25.7 Å². The first-order chi connectivity index (χ1) is 3.84. The summed E-state index contributed by atoms with van der Waals surface area (Å²) in [6.07, 6.45) is 3.04. The second-order valence-corrected chi connectivity index (χ2v) is 3.62. The van der Waals surface area contributed by atoms with Gasteiger partial charge in [0.2, 0.25) is 0 Å². The van der Waals surface area contributed by atoms with Crippen molar-refractivity contribution in [2.24, 2.45) is 5.92 Å². The van der Waals surface area contributed by atoms with Crippen LogP contribution < -0.4 is 0 Å². The zero-order valence-electron chi connectivity index (χ0n) is 5.22. The van der Waals surface area contributed by atoms with Crippen LogP contribution in [0.1, 0.15) is 19.8 Å². The van der Waals surface area contributed by atoms with E-state index in [1.807, 2.05) is 0 Å². The average Bonchev–Trinajstić information content (AvgIpc) is 2.35. The molecule has 0 radical (unpaired) electrons. The highest BCUT2D eigenvalue weighted by atomic mass is 15.5. The van der Waals surface area contributed by atoms with Crippen molar-refractivity contribution in [3.05, 3.63) is 0 Å². The van der Waals surface area contributed by atoms with E-state index in [9.17, 15) is 0 Å². The number of hydrogen-bond donors (Lipinski definition) is 0. The van der Waals surface area contributed by atoms with Crippen molar-refractivity contribution in [1.29, 1.82) is 0 Å². The molecule has 1 spiro atoms. The van der Waals surface area contributed by atoms with Gasteiger partial charge in [-0.15, -0.1) is 0 Å². The molecule has 8 heavy (non-hydrogen) atoms. The summed E-state index contributed by atoms with van der Waals surface area (Å²) >= 11 is 0. The van der Waals surface area contributed by atoms with Crippen molar-refractivity contribution in [1.82, 2.24) is 4.90 Å². The first-order valence-corrected chi connectivity index (χ1v) is 3.61. The number of rotatable bonds is 0. The Hall–Kier alpha value is -0.0400. The van der Waals surface area contributed by atoms with Crippen LogP contribution in [0.5, 0.6) is 0 Å². The van der Waals surface area contributed by atoms with Crippen LogP contribution in [0.4, 0.5) is 0 Å². The number of nitrogens with zero attached hydrogens (tertiary/aromatic N) is 1. The Morgan fingerprint density at radius 1 is 1.62 bits per heavy atom. The summed E-state index contributed by atoms with van der Waals surface area (Å²) < 4.78 is 0. The van der Waals surface area contributed by atoms with E-state index in [0.29, 0.717) is 0 Å². The van der Waals surface area contributed by atoms with E-state index in [0.717, 1.165) is 17.5 Å². The van der Waals surface area contributed by atoms with Crippen LogP contribution in [0, 0.1) is 5.92 Å². The summed E-state index contributed by atoms with van der Waals surface area (Å²) in [6.45, 7) is 3.81. The standard InChI is InChI=1S/C7H11N/c1-5-6-2-3-7(6)4-8(5)7/h5-6H,2-4H2,1H3/t5-,6+,7?,8?/m1/s1. The Kier molecular flexibility index (Phi) is 0.372. The maximum Gasteiger partial charge on any atom is 0.0383 e. The van der Waals surface area contributed by atoms with Gasteiger partial charge in [0.05, 0.1) is 0 Å². The predicted molar refractivity (Wildman–Crippen MR) is 31.6 cm³/mol. The third-order valence-corrected chi connectivity index (χ3v) is 3.57. The van der Waals surface area contributed by atoms with E-state index >= 15 is 0 Å². The second-order valence-electron chi connectivity index (χ2n) is 3.62. The Labute approximate surface area is 49.7 Å². The minimum Gasteiger partial charge on any atom is -0.291 e. The molecule has 1 heteroatoms. The molecule has 1 aliphatic carbocycles. The van der Waals surface area contributed by atoms with Crippen molar-refractivity contribution in [2.75, 3.05) is 6.54 Å². The fourth-order valence-corrected chi connectivity index (χ4v) is 2.83. The van der Waals surface area contributed by atoms with Crippen LogP contribution in [0.25, 0.3) is 0 Å². The highest BCUT2D eigenvalue weighted by Gasteiger charge is 2.74. The van der Waals surface area contributed by atoms with Gasteiger partial charge in [0.1, 0.15) is 0 Å². The van der Waals surface area contributed by atoms with Crippen molar-refractivity contribution in [3.63, 3.8) is 0 Å². The molecule has 1 nitrogen and oxygen atoms in total. The summed E-state index contributed by atoms with van der Waals surface area (Å²) in [5.74, 6) is 1.13. The molecule has 0 N–H and O–H groups in total. The van der Waals surface area contributed by atoms with Crippen molar-refractivity contribution in [3.8, 4) is 0 Å². The van der Waals surface area contributed by atoms with E-state index in [1.165, 1.54) is 19.4 Å². The number of piperidine rings is 1. The Balaban J connectivity index is 1.99. The lowest BCUT2D eigenvalue weighted by atomic mass is 9.64. The van der Waals surface area contributed by atoms with Gasteiger partial charge in [-0.1, -0.05) is 0 Å². The normalized spacial score (nSPS) is 73.9. The monoisotopic (exact) mass is 109 g/mol. The lowest BCUT2D eigenvalue weighted by Gasteiger charge is -2.52. The van der Waals surface area contributed by atoms with E-state index in [-0.39, 0.29) is 0 Å². The first kappa shape index (κ1) is 3.89. The van der Waals surface area contributed by atoms with Gasteiger partial charge >= 0.3 is 0 Å². The van der Waals surface area contributed by atoms with Crippen molar-refractivity contribution in [2.45, 2.75) is 31.3 Å². The molecule has 44 valence electrons. The van der Waals surface area contributed by atoms with Gasteiger partial charge in [-0.3, -0.25) is 4.90 Å². The second kappa shape index (κ2) is 0.766. The lowest BCUT2D eigenvalue weighted by molar-refractivity contribution is -0.00850. The molecule has 1 saturated carbocycles. The van der Waals surface area contributed by atoms with Crippen LogP contribution in [0.3, 0.4) is 0 Å². The predicted octanol–water partition coefficient (Wildman–Crippen LogP) is 0.853. The summed E-state index contributed by atoms with van der Waals surface area (Å²) in [5, 5.41) is 0. The van der Waals surface area contributed by atoms with Crippen molar-refractivity contribution < 1.29 is 0 Å². The SMILES string of the molecule is C[C@@H]1[C@@H]2CCC23CN13. The maximum absolute atomic E-state index is 2.64. The van der Waals surface area contributed by atoms with Gasteiger partial charge in [-0.2, -0.15) is 0 Å². The largest absolute Gasteiger partial charge is 0.291 e. The molecule has 2 saturated heterocycles. The quantitative estimate of drug-likeness (QED) is 0.417. The summed E-state index contributed by atoms with van der Waals surface area (Å²) in [7, 11) is 0. The molecule has 0 aromatic heterocycles. The molecule has 0 amide bonds. The van der Waals surface area contributed by atoms with E-state index in [1.54, 1.807) is 0 Å². The Morgan fingerprint density at radius 3 is 2.62 bits per heavy atom. The smallest absolute Gasteiger partial charge is 0.0383 e. The highest BCUT2D eigenvalue weighted by Crippen LogP contribution is 2.66. The molecular formula is C7H11N. The number of hydrogen-bond acceptors (Lipinski definition) is 1. The molecule has 3 fully saturated rings. The Bertz CT molecular complexity index is 154. The summed E-state index contributed by atoms with van der Waals surface area (Å²) in [6, 6.07) is 0.962. The van der Waals surface area contributed by atoms with E-state index in [2.05, 4.69) is 11.8 Å². The molecule has 2 heterocycles. The summed E-state index contributed by atoms with van der Waals surface area (Å²) in [5.41, 5.74) is 0.833. The molecule has 0 aromatic carbocycles. The Morgan fingerprint density at radius 2 is 2.50 bits per heavy atom. The lowest BCUT2D eigenvalue weighted by Crippen LogP contribution is -2.58. The van der Waals surface area contributed by atoms with E-state index < -0.39 is 0 Å². The molecule has 2 unspecified atom stereocenters. The molecule has 0 aromatic rings. The van der Waals surface area contributed by atoms with Gasteiger partial charge in [0.15, 0.2) is 0 Å². The van der Waals surface area contributed by atoms with Gasteiger partial charge in [-0.25, -0.2) is 0 Å². The van der Waals surface area contributed by atoms with Gasteiger partial charge in [0, 0.05) is 18.1 Å². The third kappa shape index (κ3) is 0.175. The maximum atomic E-state index is 2.64. The zero-order chi connectivity index (χ0) is 5.35. The molecular weight excluding hydrogens is 98.1 g/mol. The zero-order valence-corrected chi connectivity index (χ0v) is 5.22. The van der Waals surface area contributed by atoms with Crippen LogP contribution in [0.15, 0.2) is 0 Å². The fourth-order valence-electron chi connectivity index (χ4n) is 2.83. The minimum atomic E-state index is 0.833. The molecule has 3 aliphatic rings. The van der Waals surface area contributed by atoms with E-state index in [4.69, 9.17) is 0 Å². The van der Waals surface area contributed by atoms with Gasteiger partial charge < -0.3 is 0 Å². The molecule has 3 rings (SSSR count). The highest BCUT2D eigenvalue weighted by molar-refractivity contribution is 5.30.